The summed E-state index contributed by atoms with van der Waals surface area (Å²) in [6.45, 7) is 1.81. The Balaban J connectivity index is 1.92. The number of amides is 1. The number of halogens is 3. The molecule has 4 rings (SSSR count). The Labute approximate surface area is 164 Å². The van der Waals surface area contributed by atoms with E-state index >= 15 is 0 Å². The van der Waals surface area contributed by atoms with Gasteiger partial charge in [0, 0.05) is 17.8 Å². The molecule has 0 saturated carbocycles. The number of carbonyl (C=O) groups excluding carboxylic acids is 1. The minimum absolute atomic E-state index is 0.107. The Kier molecular flexibility index (Phi) is 4.22. The highest BCUT2D eigenvalue weighted by Crippen LogP contribution is 2.41. The summed E-state index contributed by atoms with van der Waals surface area (Å²) in [5.41, 5.74) is 7.73. The number of fused-ring (bicyclic) bond motifs is 1. The molecule has 2 heterocycles. The molecule has 5 nitrogen and oxygen atoms in total. The lowest BCUT2D eigenvalue weighted by molar-refractivity contribution is -0.137. The molecule has 1 aliphatic heterocycles. The van der Waals surface area contributed by atoms with Crippen LogP contribution in [-0.4, -0.2) is 10.9 Å². The number of hydrogen-bond donors (Lipinski definition) is 2. The lowest BCUT2D eigenvalue weighted by atomic mass is 9.87. The third kappa shape index (κ3) is 3.16. The number of benzene rings is 2. The van der Waals surface area contributed by atoms with Gasteiger partial charge >= 0.3 is 6.18 Å². The summed E-state index contributed by atoms with van der Waals surface area (Å²) in [7, 11) is 0. The number of hydrogen-bond acceptors (Lipinski definition) is 4. The molecule has 3 aromatic rings. The smallest absolute Gasteiger partial charge is 0.364 e. The maximum absolute atomic E-state index is 13.3. The lowest BCUT2D eigenvalue weighted by Gasteiger charge is -2.37. The van der Waals surface area contributed by atoms with E-state index in [0.717, 1.165) is 28.5 Å². The van der Waals surface area contributed by atoms with E-state index in [2.05, 4.69) is 10.4 Å². The molecule has 1 unspecified atom stereocenters. The van der Waals surface area contributed by atoms with Crippen molar-refractivity contribution in [2.45, 2.75) is 18.6 Å². The van der Waals surface area contributed by atoms with Crippen molar-refractivity contribution in [2.75, 3.05) is 5.01 Å². The summed E-state index contributed by atoms with van der Waals surface area (Å²) in [6.07, 6.45) is 0.491. The second kappa shape index (κ2) is 6.51. The van der Waals surface area contributed by atoms with E-state index in [9.17, 15) is 18.0 Å². The van der Waals surface area contributed by atoms with Gasteiger partial charge in [0.25, 0.3) is 5.91 Å². The van der Waals surface area contributed by atoms with E-state index < -0.39 is 23.2 Å². The fraction of sp³-hybridized carbons (Fsp3) is 0.143. The van der Waals surface area contributed by atoms with E-state index in [0.29, 0.717) is 0 Å². The highest BCUT2D eigenvalue weighted by molar-refractivity contribution is 5.94. The number of nitrogens with two attached hydrogens (primary N) is 1. The fourth-order valence-electron chi connectivity index (χ4n) is 3.66. The summed E-state index contributed by atoms with van der Waals surface area (Å²) in [4.78, 5) is 16.0. The van der Waals surface area contributed by atoms with Crippen LogP contribution in [0.4, 0.5) is 18.9 Å². The maximum atomic E-state index is 13.3. The number of nitrogens with one attached hydrogen (secondary N) is 1. The van der Waals surface area contributed by atoms with E-state index in [1.807, 2.05) is 31.2 Å². The van der Waals surface area contributed by atoms with Gasteiger partial charge in [-0.3, -0.25) is 20.2 Å². The summed E-state index contributed by atoms with van der Waals surface area (Å²) in [6, 6.07) is 12.3. The van der Waals surface area contributed by atoms with Gasteiger partial charge in [0.15, 0.2) is 0 Å². The molecule has 8 heteroatoms. The molecule has 0 fully saturated rings. The maximum Gasteiger partial charge on any atom is 0.416 e. The van der Waals surface area contributed by atoms with Crippen LogP contribution in [0.3, 0.4) is 0 Å². The second-order valence-corrected chi connectivity index (χ2v) is 6.97. The standard InChI is InChI=1S/C21H17F3N4O/c1-20(17-7-2-4-13-12-26-9-8-16(13)17)11-18(19(25)29)27-28(20)15-6-3-5-14(10-15)21(22,23)24/h2-12,27H,1H3,(H2,25,29). The number of anilines is 1. The Morgan fingerprint density at radius 3 is 2.66 bits per heavy atom. The van der Waals surface area contributed by atoms with Crippen LogP contribution in [0, 0.1) is 0 Å². The first-order valence-electron chi connectivity index (χ1n) is 8.80. The van der Waals surface area contributed by atoms with Crippen molar-refractivity contribution in [3.8, 4) is 0 Å². The monoisotopic (exact) mass is 398 g/mol. The van der Waals surface area contributed by atoms with Gasteiger partial charge in [-0.05, 0) is 48.2 Å². The fourth-order valence-corrected chi connectivity index (χ4v) is 3.66. The molecule has 1 amide bonds. The molecule has 29 heavy (non-hydrogen) atoms. The van der Waals surface area contributed by atoms with Crippen molar-refractivity contribution >= 4 is 22.4 Å². The largest absolute Gasteiger partial charge is 0.416 e. The molecule has 0 bridgehead atoms. The molecule has 0 aliphatic carbocycles. The molecule has 0 spiro atoms. The number of pyridine rings is 1. The molecule has 0 saturated heterocycles. The van der Waals surface area contributed by atoms with Crippen molar-refractivity contribution < 1.29 is 18.0 Å². The van der Waals surface area contributed by atoms with Crippen LogP contribution in [0.2, 0.25) is 0 Å². The lowest BCUT2D eigenvalue weighted by Crippen LogP contribution is -2.46. The summed E-state index contributed by atoms with van der Waals surface area (Å²) in [5.74, 6) is -0.701. The predicted molar refractivity (Wildman–Crippen MR) is 103 cm³/mol. The number of carbonyl (C=O) groups is 1. The van der Waals surface area contributed by atoms with E-state index in [4.69, 9.17) is 5.73 Å². The molecule has 2 aromatic carbocycles. The topological polar surface area (TPSA) is 71.2 Å². The third-order valence-corrected chi connectivity index (χ3v) is 5.05. The average Bonchev–Trinajstić information content (AvgIpc) is 3.06. The quantitative estimate of drug-likeness (QED) is 0.703. The van der Waals surface area contributed by atoms with Crippen LogP contribution in [0.1, 0.15) is 18.1 Å². The van der Waals surface area contributed by atoms with Crippen LogP contribution in [0.5, 0.6) is 0 Å². The summed E-state index contributed by atoms with van der Waals surface area (Å²) >= 11 is 0. The minimum Gasteiger partial charge on any atom is -0.364 e. The first-order chi connectivity index (χ1) is 13.7. The second-order valence-electron chi connectivity index (χ2n) is 6.97. The number of nitrogens with zero attached hydrogens (tertiary/aromatic N) is 2. The zero-order valence-corrected chi connectivity index (χ0v) is 15.4. The zero-order chi connectivity index (χ0) is 20.8. The minimum atomic E-state index is -4.49. The summed E-state index contributed by atoms with van der Waals surface area (Å²) in [5, 5.41) is 3.26. The Hall–Kier alpha value is -3.55. The third-order valence-electron chi connectivity index (χ3n) is 5.05. The van der Waals surface area contributed by atoms with Crippen molar-refractivity contribution in [2.24, 2.45) is 5.73 Å². The van der Waals surface area contributed by atoms with Crippen molar-refractivity contribution in [3.63, 3.8) is 0 Å². The molecule has 148 valence electrons. The molecule has 3 N–H and O–H groups in total. The van der Waals surface area contributed by atoms with Gasteiger partial charge in [-0.1, -0.05) is 24.3 Å². The van der Waals surface area contributed by atoms with Gasteiger partial charge in [-0.25, -0.2) is 0 Å². The molecule has 1 aromatic heterocycles. The van der Waals surface area contributed by atoms with Crippen molar-refractivity contribution in [1.82, 2.24) is 10.4 Å². The normalized spacial score (nSPS) is 19.2. The Morgan fingerprint density at radius 1 is 1.17 bits per heavy atom. The van der Waals surface area contributed by atoms with E-state index in [1.54, 1.807) is 24.5 Å². The van der Waals surface area contributed by atoms with Gasteiger partial charge in [-0.2, -0.15) is 13.2 Å². The van der Waals surface area contributed by atoms with Crippen LogP contribution < -0.4 is 16.2 Å². The number of primary amides is 1. The first kappa shape index (κ1) is 18.8. The molecular weight excluding hydrogens is 381 g/mol. The Morgan fingerprint density at radius 2 is 1.93 bits per heavy atom. The van der Waals surface area contributed by atoms with Gasteiger partial charge in [0.1, 0.15) is 11.2 Å². The highest BCUT2D eigenvalue weighted by Gasteiger charge is 2.41. The number of rotatable bonds is 3. The summed E-state index contributed by atoms with van der Waals surface area (Å²) < 4.78 is 39.8. The van der Waals surface area contributed by atoms with Crippen molar-refractivity contribution in [1.29, 1.82) is 0 Å². The average molecular weight is 398 g/mol. The predicted octanol–water partition coefficient (Wildman–Crippen LogP) is 3.86. The van der Waals surface area contributed by atoms with Gasteiger partial charge in [0.05, 0.1) is 11.3 Å². The van der Waals surface area contributed by atoms with Crippen LogP contribution in [0.15, 0.2) is 72.7 Å². The van der Waals surface area contributed by atoms with E-state index in [-0.39, 0.29) is 11.4 Å². The Bertz CT molecular complexity index is 1140. The first-order valence-corrected chi connectivity index (χ1v) is 8.80. The number of hydrazine groups is 1. The van der Waals surface area contributed by atoms with Gasteiger partial charge < -0.3 is 5.73 Å². The van der Waals surface area contributed by atoms with E-state index in [1.165, 1.54) is 11.1 Å². The van der Waals surface area contributed by atoms with Gasteiger partial charge in [0.2, 0.25) is 0 Å². The van der Waals surface area contributed by atoms with Crippen molar-refractivity contribution in [3.05, 3.63) is 83.8 Å². The van der Waals surface area contributed by atoms with Crippen LogP contribution in [0.25, 0.3) is 10.8 Å². The molecular formula is C21H17F3N4O. The highest BCUT2D eigenvalue weighted by atomic mass is 19.4. The number of alkyl halides is 3. The number of aromatic nitrogens is 1. The molecule has 1 aliphatic rings. The van der Waals surface area contributed by atoms with Crippen LogP contribution in [-0.2, 0) is 16.5 Å². The SMILES string of the molecule is CC1(c2cccc3cnccc23)C=C(C(N)=O)NN1c1cccc(C(F)(F)F)c1. The molecule has 1 atom stereocenters. The van der Waals surface area contributed by atoms with Gasteiger partial charge in [-0.15, -0.1) is 0 Å². The zero-order valence-electron chi connectivity index (χ0n) is 15.4. The molecule has 0 radical (unpaired) electrons. The van der Waals surface area contributed by atoms with Crippen LogP contribution >= 0.6 is 0 Å².